The Morgan fingerprint density at radius 3 is 2.36 bits per heavy atom. The molecule has 0 saturated heterocycles. The second-order valence-electron chi connectivity index (χ2n) is 5.55. The van der Waals surface area contributed by atoms with Crippen LogP contribution >= 0.6 is 0 Å². The Hall–Kier alpha value is -2.70. The van der Waals surface area contributed by atoms with Crippen molar-refractivity contribution in [3.63, 3.8) is 0 Å². The molecule has 1 aromatic rings. The normalized spacial score (nSPS) is 13.3. The zero-order valence-corrected chi connectivity index (χ0v) is 15.2. The van der Waals surface area contributed by atoms with Crippen LogP contribution in [0.1, 0.15) is 19.4 Å². The second-order valence-corrected chi connectivity index (χ2v) is 5.55. The van der Waals surface area contributed by atoms with E-state index in [1.807, 2.05) is 5.48 Å². The van der Waals surface area contributed by atoms with Crippen molar-refractivity contribution < 1.29 is 47.3 Å². The Balaban J connectivity index is 2.73. The molecule has 0 aliphatic heterocycles. The molecule has 0 fully saturated rings. The summed E-state index contributed by atoms with van der Waals surface area (Å²) in [5.41, 5.74) is 2.60. The molecular formula is C16H21F3N3O6+. The van der Waals surface area contributed by atoms with Gasteiger partial charge >= 0.3 is 12.3 Å². The average molecular weight is 408 g/mol. The summed E-state index contributed by atoms with van der Waals surface area (Å²) in [7, 11) is 0. The van der Waals surface area contributed by atoms with E-state index < -0.39 is 36.7 Å². The molecule has 0 radical (unpaired) electrons. The topological polar surface area (TPSA) is 107 Å². The summed E-state index contributed by atoms with van der Waals surface area (Å²) in [4.78, 5) is 47.0. The minimum absolute atomic E-state index is 0.0213. The van der Waals surface area contributed by atoms with Gasteiger partial charge in [-0.15, -0.1) is 18.2 Å². The highest BCUT2D eigenvalue weighted by atomic mass is 19.4. The highest BCUT2D eigenvalue weighted by Gasteiger charge is 2.34. The lowest BCUT2D eigenvalue weighted by Gasteiger charge is -2.19. The van der Waals surface area contributed by atoms with Crippen LogP contribution in [0.15, 0.2) is 30.3 Å². The number of alkyl halides is 3. The number of amides is 2. The SMILES string of the molecule is CC[NH+](CC(=O)NC(Cc1ccccc1)C(=O)NOC(C)=O)OOC(F)(F)F. The summed E-state index contributed by atoms with van der Waals surface area (Å²) in [6.45, 7) is 1.97. The number of rotatable bonds is 9. The van der Waals surface area contributed by atoms with E-state index in [1.54, 1.807) is 30.3 Å². The maximum absolute atomic E-state index is 12.2. The van der Waals surface area contributed by atoms with Crippen LogP contribution in [0, 0.1) is 0 Å². The van der Waals surface area contributed by atoms with Gasteiger partial charge in [0.1, 0.15) is 12.6 Å². The number of likely N-dealkylation sites (N-methyl/N-ethyl adjacent to an activating group) is 1. The average Bonchev–Trinajstić information content (AvgIpc) is 2.62. The van der Waals surface area contributed by atoms with Crippen molar-refractivity contribution in [2.75, 3.05) is 13.1 Å². The van der Waals surface area contributed by atoms with Crippen LogP contribution < -0.4 is 15.9 Å². The Morgan fingerprint density at radius 2 is 1.82 bits per heavy atom. The van der Waals surface area contributed by atoms with Crippen molar-refractivity contribution in [1.29, 1.82) is 0 Å². The molecule has 1 rings (SSSR count). The van der Waals surface area contributed by atoms with E-state index in [-0.39, 0.29) is 18.0 Å². The van der Waals surface area contributed by atoms with Crippen LogP contribution in [-0.4, -0.2) is 43.3 Å². The second kappa shape index (κ2) is 11.2. The molecule has 12 heteroatoms. The van der Waals surface area contributed by atoms with Crippen LogP contribution in [0.5, 0.6) is 0 Å². The molecule has 0 spiro atoms. The summed E-state index contributed by atoms with van der Waals surface area (Å²) in [6, 6.07) is 7.49. The number of halogens is 3. The van der Waals surface area contributed by atoms with Gasteiger partial charge in [-0.2, -0.15) is 5.48 Å². The van der Waals surface area contributed by atoms with Crippen molar-refractivity contribution in [3.8, 4) is 0 Å². The summed E-state index contributed by atoms with van der Waals surface area (Å²) in [6.07, 6.45) is -4.96. The lowest BCUT2D eigenvalue weighted by molar-refractivity contribution is -1.14. The third-order valence-corrected chi connectivity index (χ3v) is 3.24. The van der Waals surface area contributed by atoms with Crippen LogP contribution in [-0.2, 0) is 35.5 Å². The first kappa shape index (κ1) is 23.3. The molecule has 2 unspecified atom stereocenters. The van der Waals surface area contributed by atoms with Crippen LogP contribution in [0.3, 0.4) is 0 Å². The van der Waals surface area contributed by atoms with Gasteiger partial charge in [0.2, 0.25) is 0 Å². The zero-order chi connectivity index (χ0) is 21.2. The molecule has 9 nitrogen and oxygen atoms in total. The number of nitrogens with one attached hydrogen (secondary N) is 3. The molecule has 0 saturated carbocycles. The number of hydroxylamine groups is 3. The highest BCUT2D eigenvalue weighted by molar-refractivity contribution is 5.88. The first-order chi connectivity index (χ1) is 13.1. The third kappa shape index (κ3) is 9.85. The maximum Gasteiger partial charge on any atom is 0.553 e. The van der Waals surface area contributed by atoms with Gasteiger partial charge in [0.25, 0.3) is 11.8 Å². The molecule has 0 aliphatic rings. The molecule has 0 bridgehead atoms. The summed E-state index contributed by atoms with van der Waals surface area (Å²) >= 11 is 0. The number of carbonyl (C=O) groups excluding carboxylic acids is 3. The molecule has 1 aromatic carbocycles. The van der Waals surface area contributed by atoms with Crippen molar-refractivity contribution in [2.24, 2.45) is 0 Å². The molecular weight excluding hydrogens is 387 g/mol. The highest BCUT2D eigenvalue weighted by Crippen LogP contribution is 2.14. The monoisotopic (exact) mass is 408 g/mol. The fraction of sp³-hybridized carbons (Fsp3) is 0.438. The van der Waals surface area contributed by atoms with Gasteiger partial charge in [0, 0.05) is 13.3 Å². The molecule has 0 heterocycles. The van der Waals surface area contributed by atoms with Crippen molar-refractivity contribution >= 4 is 17.8 Å². The summed E-state index contributed by atoms with van der Waals surface area (Å²) < 4.78 is 36.1. The van der Waals surface area contributed by atoms with Crippen LogP contribution in [0.25, 0.3) is 0 Å². The summed E-state index contributed by atoms with van der Waals surface area (Å²) in [5.74, 6) is -2.35. The Bertz CT molecular complexity index is 657. The third-order valence-electron chi connectivity index (χ3n) is 3.24. The molecule has 2 amide bonds. The van der Waals surface area contributed by atoms with Gasteiger partial charge in [0.05, 0.1) is 0 Å². The van der Waals surface area contributed by atoms with E-state index in [9.17, 15) is 27.6 Å². The van der Waals surface area contributed by atoms with Gasteiger partial charge in [-0.05, 0) is 17.5 Å². The smallest absolute Gasteiger partial charge is 0.341 e. The van der Waals surface area contributed by atoms with Gasteiger partial charge in [-0.3, -0.25) is 14.4 Å². The lowest BCUT2D eigenvalue weighted by atomic mass is 10.1. The number of hydrogen-bond acceptors (Lipinski definition) is 6. The molecule has 3 N–H and O–H groups in total. The zero-order valence-electron chi connectivity index (χ0n) is 15.2. The fourth-order valence-electron chi connectivity index (χ4n) is 2.00. The quantitative estimate of drug-likeness (QED) is 0.379. The van der Waals surface area contributed by atoms with Crippen molar-refractivity contribution in [1.82, 2.24) is 10.8 Å². The molecule has 0 aromatic heterocycles. The molecule has 156 valence electrons. The predicted octanol–water partition coefficient (Wildman–Crippen LogP) is -0.404. The Labute approximate surface area is 158 Å². The van der Waals surface area contributed by atoms with Gasteiger partial charge in [-0.1, -0.05) is 35.2 Å². The number of benzene rings is 1. The lowest BCUT2D eigenvalue weighted by Crippen LogP contribution is -3.12. The van der Waals surface area contributed by atoms with Crippen LogP contribution in [0.4, 0.5) is 13.2 Å². The minimum atomic E-state index is -5.02. The van der Waals surface area contributed by atoms with Gasteiger partial charge in [0.15, 0.2) is 6.54 Å². The minimum Gasteiger partial charge on any atom is -0.341 e. The fourth-order valence-corrected chi connectivity index (χ4v) is 2.00. The molecule has 2 atom stereocenters. The standard InChI is InChI=1S/C16H20F3N3O6/c1-3-22(28-27-16(17,18)19)10-14(24)20-13(15(25)21-26-11(2)23)9-12-7-5-4-6-8-12/h4-8,13H,3,9-10H2,1-2H3,(H,20,24)(H,21,25)/p+1. The van der Waals surface area contributed by atoms with E-state index in [2.05, 4.69) is 20.0 Å². The van der Waals surface area contributed by atoms with E-state index in [0.29, 0.717) is 5.56 Å². The van der Waals surface area contributed by atoms with Gasteiger partial charge < -0.3 is 10.2 Å². The van der Waals surface area contributed by atoms with E-state index in [4.69, 9.17) is 0 Å². The predicted molar refractivity (Wildman–Crippen MR) is 86.6 cm³/mol. The number of carbonyl (C=O) groups is 3. The summed E-state index contributed by atoms with van der Waals surface area (Å²) in [5, 5.41) is 2.09. The first-order valence-corrected chi connectivity index (χ1v) is 8.18. The van der Waals surface area contributed by atoms with Crippen molar-refractivity contribution in [3.05, 3.63) is 35.9 Å². The Kier molecular flexibility index (Phi) is 9.35. The van der Waals surface area contributed by atoms with E-state index in [1.165, 1.54) is 6.92 Å². The molecule has 0 aliphatic carbocycles. The number of hydrogen-bond donors (Lipinski definition) is 3. The van der Waals surface area contributed by atoms with E-state index >= 15 is 0 Å². The molecule has 28 heavy (non-hydrogen) atoms. The number of quaternary nitrogens is 1. The first-order valence-electron chi connectivity index (χ1n) is 8.18. The van der Waals surface area contributed by atoms with Crippen LogP contribution in [0.2, 0.25) is 0 Å². The largest absolute Gasteiger partial charge is 0.553 e. The van der Waals surface area contributed by atoms with Crippen molar-refractivity contribution in [2.45, 2.75) is 32.7 Å². The van der Waals surface area contributed by atoms with Gasteiger partial charge in [-0.25, -0.2) is 0 Å². The Morgan fingerprint density at radius 1 is 1.18 bits per heavy atom. The maximum atomic E-state index is 12.2. The van der Waals surface area contributed by atoms with E-state index in [0.717, 1.165) is 6.92 Å².